The predicted octanol–water partition coefficient (Wildman–Crippen LogP) is 2.53. The molecule has 30 heavy (non-hydrogen) atoms. The van der Waals surface area contributed by atoms with Crippen molar-refractivity contribution in [2.45, 2.75) is 31.8 Å². The number of carbonyl (C=O) groups excluding carboxylic acids is 1. The maximum atomic E-state index is 13.1. The van der Waals surface area contributed by atoms with Crippen LogP contribution in [0.4, 0.5) is 5.95 Å². The highest BCUT2D eigenvalue weighted by Gasteiger charge is 2.41. The summed E-state index contributed by atoms with van der Waals surface area (Å²) in [7, 11) is 0. The minimum atomic E-state index is -0.910. The van der Waals surface area contributed by atoms with Crippen LogP contribution in [0.15, 0.2) is 70.4 Å². The van der Waals surface area contributed by atoms with E-state index in [9.17, 15) is 14.7 Å². The zero-order valence-electron chi connectivity index (χ0n) is 16.7. The number of anilines is 1. The monoisotopic (exact) mass is 402 g/mol. The van der Waals surface area contributed by atoms with Crippen molar-refractivity contribution >= 4 is 11.9 Å². The summed E-state index contributed by atoms with van der Waals surface area (Å²) in [5, 5.41) is 10.5. The molecule has 1 amide bonds. The van der Waals surface area contributed by atoms with Crippen molar-refractivity contribution in [3.8, 4) is 5.75 Å². The third-order valence-corrected chi connectivity index (χ3v) is 5.48. The first-order valence-corrected chi connectivity index (χ1v) is 9.75. The number of amides is 1. The van der Waals surface area contributed by atoms with Gasteiger partial charge in [-0.2, -0.15) is 4.98 Å². The Bertz CT molecular complexity index is 1200. The minimum Gasteiger partial charge on any atom is -0.501 e. The summed E-state index contributed by atoms with van der Waals surface area (Å²) in [6.07, 6.45) is 5.58. The molecule has 1 aliphatic carbocycles. The Balaban J connectivity index is 2.01. The number of allylic oxidation sites excluding steroid dienone is 4. The summed E-state index contributed by atoms with van der Waals surface area (Å²) in [5.41, 5.74) is 13.1. The molecule has 2 heterocycles. The van der Waals surface area contributed by atoms with Gasteiger partial charge in [-0.05, 0) is 31.6 Å². The molecular formula is C23H22N4O3. The van der Waals surface area contributed by atoms with Crippen molar-refractivity contribution in [2.75, 3.05) is 12.3 Å². The van der Waals surface area contributed by atoms with Gasteiger partial charge in [0, 0.05) is 24.1 Å². The van der Waals surface area contributed by atoms with Gasteiger partial charge in [-0.25, -0.2) is 0 Å². The Morgan fingerprint density at radius 2 is 1.97 bits per heavy atom. The van der Waals surface area contributed by atoms with Gasteiger partial charge in [-0.15, -0.1) is 0 Å². The second-order valence-electron chi connectivity index (χ2n) is 7.60. The number of nitrogens with two attached hydrogens (primary N) is 1. The Hall–Kier alpha value is -3.79. The molecule has 0 saturated carbocycles. The van der Waals surface area contributed by atoms with Crippen molar-refractivity contribution in [2.24, 2.45) is 0 Å². The Kier molecular flexibility index (Phi) is 4.92. The van der Waals surface area contributed by atoms with E-state index in [1.807, 2.05) is 56.3 Å². The normalized spacial score (nSPS) is 18.5. The molecule has 3 N–H and O–H groups in total. The van der Waals surface area contributed by atoms with Crippen LogP contribution >= 0.6 is 0 Å². The lowest BCUT2D eigenvalue weighted by atomic mass is 9.82. The number of aromatic nitrogens is 2. The second-order valence-corrected chi connectivity index (χ2v) is 7.60. The van der Waals surface area contributed by atoms with Gasteiger partial charge in [0.2, 0.25) is 11.7 Å². The highest BCUT2D eigenvalue weighted by Crippen LogP contribution is 2.41. The Labute approximate surface area is 173 Å². The molecule has 0 fully saturated rings. The van der Waals surface area contributed by atoms with E-state index >= 15 is 0 Å². The highest BCUT2D eigenvalue weighted by atomic mass is 16.3. The van der Waals surface area contributed by atoms with E-state index in [0.717, 1.165) is 11.1 Å². The number of fused-ring (bicyclic) bond motifs is 1. The molecule has 0 radical (unpaired) electrons. The van der Waals surface area contributed by atoms with E-state index in [0.29, 0.717) is 6.54 Å². The number of aromatic hydroxyl groups is 1. The van der Waals surface area contributed by atoms with Gasteiger partial charge in [0.05, 0.1) is 6.04 Å². The van der Waals surface area contributed by atoms with Crippen LogP contribution in [0, 0.1) is 0 Å². The molecule has 2 aromatic rings. The van der Waals surface area contributed by atoms with E-state index in [2.05, 4.69) is 16.4 Å². The third-order valence-electron chi connectivity index (χ3n) is 5.48. The fraction of sp³-hybridized carbons (Fsp3) is 0.261. The van der Waals surface area contributed by atoms with Crippen LogP contribution in [0.25, 0.3) is 0 Å². The molecule has 0 spiro atoms. The number of benzene rings is 1. The molecule has 2 aliphatic rings. The Morgan fingerprint density at radius 3 is 2.60 bits per heavy atom. The summed E-state index contributed by atoms with van der Waals surface area (Å²) in [6, 6.07) is 9.25. The van der Waals surface area contributed by atoms with Crippen LogP contribution in [0.3, 0.4) is 0 Å². The van der Waals surface area contributed by atoms with Gasteiger partial charge in [0.25, 0.3) is 5.91 Å². The highest BCUT2D eigenvalue weighted by molar-refractivity contribution is 5.96. The van der Waals surface area contributed by atoms with Crippen molar-refractivity contribution < 1.29 is 9.90 Å². The van der Waals surface area contributed by atoms with Crippen LogP contribution < -0.4 is 11.3 Å². The molecule has 152 valence electrons. The third kappa shape index (κ3) is 3.16. The fourth-order valence-corrected chi connectivity index (χ4v) is 4.10. The van der Waals surface area contributed by atoms with Gasteiger partial charge < -0.3 is 15.7 Å². The van der Waals surface area contributed by atoms with Crippen LogP contribution in [0.2, 0.25) is 0 Å². The van der Waals surface area contributed by atoms with Crippen LogP contribution in [0.5, 0.6) is 5.75 Å². The zero-order chi connectivity index (χ0) is 21.4. The molecule has 1 aliphatic heterocycles. The molecule has 2 atom stereocenters. The van der Waals surface area contributed by atoms with Crippen molar-refractivity contribution in [1.82, 2.24) is 14.5 Å². The first kappa shape index (κ1) is 19.5. The van der Waals surface area contributed by atoms with Gasteiger partial charge in [-0.1, -0.05) is 47.9 Å². The van der Waals surface area contributed by atoms with E-state index in [1.54, 1.807) is 11.0 Å². The first-order chi connectivity index (χ1) is 14.4. The van der Waals surface area contributed by atoms with Crippen molar-refractivity contribution in [1.29, 1.82) is 0 Å². The average molecular weight is 402 g/mol. The summed E-state index contributed by atoms with van der Waals surface area (Å²) in [5.74, 6) is -1.49. The topological polar surface area (TPSA) is 101 Å². The number of nitrogens with zero attached hydrogens (tertiary/aromatic N) is 3. The first-order valence-electron chi connectivity index (χ1n) is 9.75. The van der Waals surface area contributed by atoms with Gasteiger partial charge in [-0.3, -0.25) is 14.2 Å². The van der Waals surface area contributed by atoms with Gasteiger partial charge in [0.15, 0.2) is 5.69 Å². The van der Waals surface area contributed by atoms with Gasteiger partial charge in [0.1, 0.15) is 0 Å². The molecule has 7 heteroatoms. The molecule has 1 unspecified atom stereocenters. The maximum Gasteiger partial charge on any atom is 0.317 e. The lowest BCUT2D eigenvalue weighted by molar-refractivity contribution is 0.0588. The standard InChI is InChI=1S/C23H22N4O3/c1-14(2)26-13-17(27-19(22(26)30)20(28)21(29)25-23(27)24)18(15-9-5-3-6-10-15)16-11-7-4-8-12-16/h3-7,9-11,14,17-18,28H,13H2,1-2H3,(H2,24,25,29)/t17-,18?/m1/s1. The number of nitrogen functional groups attached to an aromatic ring is 1. The number of hydrogen-bond donors (Lipinski definition) is 2. The molecule has 1 aromatic heterocycles. The number of rotatable bonds is 4. The van der Waals surface area contributed by atoms with Crippen molar-refractivity contribution in [3.05, 3.63) is 87.2 Å². The summed E-state index contributed by atoms with van der Waals surface area (Å²) in [4.78, 5) is 30.6. The maximum absolute atomic E-state index is 13.1. The quantitative estimate of drug-likeness (QED) is 0.766. The summed E-state index contributed by atoms with van der Waals surface area (Å²) >= 11 is 0. The number of carbonyl (C=O) groups is 1. The van der Waals surface area contributed by atoms with Gasteiger partial charge >= 0.3 is 5.56 Å². The van der Waals surface area contributed by atoms with E-state index in [4.69, 9.17) is 5.73 Å². The van der Waals surface area contributed by atoms with E-state index in [1.165, 1.54) is 4.57 Å². The van der Waals surface area contributed by atoms with Crippen LogP contribution in [-0.2, 0) is 0 Å². The van der Waals surface area contributed by atoms with Crippen LogP contribution in [0.1, 0.15) is 41.9 Å². The van der Waals surface area contributed by atoms with Crippen molar-refractivity contribution in [3.63, 3.8) is 0 Å². The minimum absolute atomic E-state index is 0.101. The molecule has 0 saturated heterocycles. The second kappa shape index (κ2) is 7.56. The molecule has 1 aromatic carbocycles. The van der Waals surface area contributed by atoms with Crippen LogP contribution in [-0.4, -0.2) is 38.1 Å². The summed E-state index contributed by atoms with van der Waals surface area (Å²) < 4.78 is 1.50. The SMILES string of the molecule is CC(C)N1C[C@H](C(C2=C=C=CC=C2)c2ccccc2)n2c(N)nc(=O)c(O)c2C1=O. The smallest absolute Gasteiger partial charge is 0.317 e. The fourth-order valence-electron chi connectivity index (χ4n) is 4.10. The molecular weight excluding hydrogens is 380 g/mol. The zero-order valence-corrected chi connectivity index (χ0v) is 16.7. The number of hydrogen-bond acceptors (Lipinski definition) is 5. The predicted molar refractivity (Wildman–Crippen MR) is 113 cm³/mol. The van der Waals surface area contributed by atoms with E-state index in [-0.39, 0.29) is 23.6 Å². The molecule has 0 bridgehead atoms. The Morgan fingerprint density at radius 1 is 1.23 bits per heavy atom. The average Bonchev–Trinajstić information content (AvgIpc) is 2.74. The summed E-state index contributed by atoms with van der Waals surface area (Å²) in [6.45, 7) is 4.12. The van der Waals surface area contributed by atoms with E-state index < -0.39 is 23.3 Å². The molecule has 7 nitrogen and oxygen atoms in total. The lowest BCUT2D eigenvalue weighted by Gasteiger charge is -2.42. The lowest BCUT2D eigenvalue weighted by Crippen LogP contribution is -2.49. The molecule has 4 rings (SSSR count). The largest absolute Gasteiger partial charge is 0.501 e.